The van der Waals surface area contributed by atoms with E-state index in [4.69, 9.17) is 8.83 Å². The van der Waals surface area contributed by atoms with Gasteiger partial charge >= 0.3 is 0 Å². The molecule has 0 saturated carbocycles. The minimum absolute atomic E-state index is 0.652. The zero-order valence-electron chi connectivity index (χ0n) is 28.0. The van der Waals surface area contributed by atoms with E-state index in [1.54, 1.807) is 0 Å². The van der Waals surface area contributed by atoms with E-state index in [2.05, 4.69) is 108 Å². The molecule has 10 rings (SSSR count). The Morgan fingerprint density at radius 1 is 0.760 bits per heavy atom. The van der Waals surface area contributed by atoms with Gasteiger partial charge in [0.1, 0.15) is 22.3 Å². The first-order valence-electron chi connectivity index (χ1n) is 17.5. The number of hydrogen-bond acceptors (Lipinski definition) is 3. The fraction of sp³-hybridized carbons (Fsp3) is 0.133. The topological polar surface area (TPSA) is 59.9 Å². The first kappa shape index (κ1) is 28.7. The van der Waals surface area contributed by atoms with Crippen LogP contribution in [0.25, 0.3) is 89.2 Å². The Morgan fingerprint density at radius 3 is 2.28 bits per heavy atom. The fourth-order valence-electron chi connectivity index (χ4n) is 8.43. The number of benzene rings is 5. The van der Waals surface area contributed by atoms with Crippen LogP contribution in [0.4, 0.5) is 0 Å². The molecule has 5 heteroatoms. The minimum Gasteiger partial charge on any atom is -0.456 e. The van der Waals surface area contributed by atoms with Gasteiger partial charge in [0.2, 0.25) is 0 Å². The summed E-state index contributed by atoms with van der Waals surface area (Å²) < 4.78 is 18.1. The van der Waals surface area contributed by atoms with Gasteiger partial charge in [-0.25, -0.2) is 0 Å². The van der Waals surface area contributed by atoms with Crippen LogP contribution in [0.5, 0.6) is 0 Å². The third kappa shape index (κ3) is 3.93. The number of allylic oxidation sites excluding steroid dienone is 2. The molecule has 4 aromatic heterocycles. The molecule has 0 amide bonds. The summed E-state index contributed by atoms with van der Waals surface area (Å²) in [5, 5.41) is 16.2. The van der Waals surface area contributed by atoms with Crippen LogP contribution in [0.1, 0.15) is 54.8 Å². The van der Waals surface area contributed by atoms with Gasteiger partial charge in [0.15, 0.2) is 0 Å². The maximum absolute atomic E-state index is 9.45. The molecule has 0 atom stereocenters. The van der Waals surface area contributed by atoms with Gasteiger partial charge in [0.25, 0.3) is 0 Å². The average molecular weight is 648 g/mol. The van der Waals surface area contributed by atoms with Crippen LogP contribution < -0.4 is 0 Å². The Bertz CT molecular complexity index is 2950. The van der Waals surface area contributed by atoms with Gasteiger partial charge in [-0.2, -0.15) is 5.26 Å². The molecule has 0 bridgehead atoms. The van der Waals surface area contributed by atoms with Gasteiger partial charge in [0.05, 0.1) is 33.4 Å². The van der Waals surface area contributed by atoms with Crippen LogP contribution in [0.3, 0.4) is 0 Å². The van der Waals surface area contributed by atoms with E-state index >= 15 is 0 Å². The van der Waals surface area contributed by atoms with E-state index in [0.29, 0.717) is 5.56 Å². The van der Waals surface area contributed by atoms with Crippen molar-refractivity contribution < 1.29 is 8.83 Å². The summed E-state index contributed by atoms with van der Waals surface area (Å²) in [6, 6.07) is 33.9. The molecule has 50 heavy (non-hydrogen) atoms. The number of nitriles is 1. The standard InChI is InChI=1S/C45H33N3O2/c1-3-10-33-36(4-2)47(28-17-15-27(26-46)16-18-28)38-22-20-31-32-21-23-39-43(45(32)50-44(31)42(33)38)34-12-6-5-7-13-37(34)48(39)29-19-24-41-35(25-29)30-11-8-9-14-40(30)49-41/h3,6,8-12,14-25H,4-5,7,13H2,1-2H3/b10-3-. The molecular weight excluding hydrogens is 615 g/mol. The smallest absolute Gasteiger partial charge is 0.145 e. The minimum atomic E-state index is 0.652. The summed E-state index contributed by atoms with van der Waals surface area (Å²) in [5.74, 6) is 0. The summed E-state index contributed by atoms with van der Waals surface area (Å²) in [7, 11) is 0. The summed E-state index contributed by atoms with van der Waals surface area (Å²) >= 11 is 0. The van der Waals surface area contributed by atoms with E-state index in [1.165, 1.54) is 22.5 Å². The van der Waals surface area contributed by atoms with Crippen molar-refractivity contribution in [2.24, 2.45) is 0 Å². The highest BCUT2D eigenvalue weighted by Gasteiger charge is 2.26. The van der Waals surface area contributed by atoms with Crippen LogP contribution >= 0.6 is 0 Å². The Kier molecular flexibility index (Phi) is 6.25. The zero-order valence-corrected chi connectivity index (χ0v) is 28.0. The monoisotopic (exact) mass is 647 g/mol. The Hall–Kier alpha value is -6.25. The predicted octanol–water partition coefficient (Wildman–Crippen LogP) is 12.2. The first-order valence-corrected chi connectivity index (χ1v) is 17.5. The van der Waals surface area contributed by atoms with Gasteiger partial charge in [-0.05, 0) is 105 Å². The zero-order chi connectivity index (χ0) is 33.5. The van der Waals surface area contributed by atoms with Crippen molar-refractivity contribution in [1.29, 1.82) is 5.26 Å². The van der Waals surface area contributed by atoms with Gasteiger partial charge in [0, 0.05) is 55.4 Å². The third-order valence-electron chi connectivity index (χ3n) is 10.6. The van der Waals surface area contributed by atoms with E-state index in [-0.39, 0.29) is 0 Å². The maximum Gasteiger partial charge on any atom is 0.145 e. The van der Waals surface area contributed by atoms with Gasteiger partial charge in [-0.15, -0.1) is 0 Å². The Balaban J connectivity index is 1.29. The molecule has 5 nitrogen and oxygen atoms in total. The number of aromatic nitrogens is 2. The highest BCUT2D eigenvalue weighted by Crippen LogP contribution is 2.45. The van der Waals surface area contributed by atoms with Crippen LogP contribution in [-0.4, -0.2) is 9.13 Å². The lowest BCUT2D eigenvalue weighted by molar-refractivity contribution is 0.669. The van der Waals surface area contributed by atoms with E-state index < -0.39 is 0 Å². The van der Waals surface area contributed by atoms with Crippen molar-refractivity contribution >= 4 is 77.8 Å². The number of furan rings is 2. The lowest BCUT2D eigenvalue weighted by Gasteiger charge is -2.11. The number of fused-ring (bicyclic) bond motifs is 12. The summed E-state index contributed by atoms with van der Waals surface area (Å²) in [6.07, 6.45) is 12.9. The lowest BCUT2D eigenvalue weighted by Crippen LogP contribution is -2.00. The molecule has 0 N–H and O–H groups in total. The second-order valence-corrected chi connectivity index (χ2v) is 13.3. The molecule has 0 aliphatic heterocycles. The summed E-state index contributed by atoms with van der Waals surface area (Å²) in [5.41, 5.74) is 13.7. The number of para-hydroxylation sites is 1. The molecule has 5 aromatic carbocycles. The van der Waals surface area contributed by atoms with Crippen molar-refractivity contribution in [1.82, 2.24) is 9.13 Å². The number of nitrogens with zero attached hydrogens (tertiary/aromatic N) is 3. The molecular formula is C45H33N3O2. The van der Waals surface area contributed by atoms with E-state index in [0.717, 1.165) is 103 Å². The van der Waals surface area contributed by atoms with Gasteiger partial charge in [-0.3, -0.25) is 0 Å². The normalized spacial score (nSPS) is 13.5. The van der Waals surface area contributed by atoms with Crippen LogP contribution in [0, 0.1) is 11.3 Å². The predicted molar refractivity (Wildman–Crippen MR) is 205 cm³/mol. The second-order valence-electron chi connectivity index (χ2n) is 13.3. The van der Waals surface area contributed by atoms with Crippen molar-refractivity contribution in [3.05, 3.63) is 131 Å². The average Bonchev–Trinajstić information content (AvgIpc) is 3.84. The molecule has 0 radical (unpaired) electrons. The van der Waals surface area contributed by atoms with Gasteiger partial charge in [-0.1, -0.05) is 49.4 Å². The number of rotatable bonds is 4. The van der Waals surface area contributed by atoms with E-state index in [9.17, 15) is 5.26 Å². The Morgan fingerprint density at radius 2 is 1.50 bits per heavy atom. The largest absolute Gasteiger partial charge is 0.456 e. The quantitative estimate of drug-likeness (QED) is 0.191. The van der Waals surface area contributed by atoms with Crippen LogP contribution in [0.2, 0.25) is 0 Å². The van der Waals surface area contributed by atoms with Crippen LogP contribution in [0.15, 0.2) is 112 Å². The van der Waals surface area contributed by atoms with Crippen molar-refractivity contribution in [2.75, 3.05) is 0 Å². The maximum atomic E-state index is 9.45. The second kappa shape index (κ2) is 10.9. The molecule has 9 aromatic rings. The third-order valence-corrected chi connectivity index (χ3v) is 10.6. The van der Waals surface area contributed by atoms with Crippen molar-refractivity contribution in [3.8, 4) is 17.4 Å². The highest BCUT2D eigenvalue weighted by molar-refractivity contribution is 6.23. The van der Waals surface area contributed by atoms with Crippen molar-refractivity contribution in [2.45, 2.75) is 39.5 Å². The van der Waals surface area contributed by atoms with Crippen LogP contribution in [-0.2, 0) is 12.8 Å². The molecule has 0 unspecified atom stereocenters. The number of hydrogen-bond donors (Lipinski definition) is 0. The molecule has 1 aliphatic rings. The summed E-state index contributed by atoms with van der Waals surface area (Å²) in [6.45, 7) is 4.27. The fourth-order valence-corrected chi connectivity index (χ4v) is 8.43. The Labute approximate surface area is 288 Å². The molecule has 1 aliphatic carbocycles. The molecule has 0 fully saturated rings. The molecule has 240 valence electrons. The van der Waals surface area contributed by atoms with Gasteiger partial charge < -0.3 is 18.0 Å². The first-order chi connectivity index (χ1) is 24.7. The molecule has 4 heterocycles. The highest BCUT2D eigenvalue weighted by atomic mass is 16.3. The van der Waals surface area contributed by atoms with E-state index in [1.807, 2.05) is 36.4 Å². The lowest BCUT2D eigenvalue weighted by atomic mass is 10.0. The summed E-state index contributed by atoms with van der Waals surface area (Å²) in [4.78, 5) is 0. The van der Waals surface area contributed by atoms with Crippen molar-refractivity contribution in [3.63, 3.8) is 0 Å². The molecule has 0 saturated heterocycles. The SMILES string of the molecule is C/C=C\c1c(CC)n(-c2ccc(C#N)cc2)c2ccc3c4ccc5c(c6c(n5-c5ccc7oc8ccccc8c7c5)CCCC=C6)c4oc3c12. The molecule has 0 spiro atoms.